The van der Waals surface area contributed by atoms with Crippen LogP contribution in [0, 0.1) is 0 Å². The molecule has 7 rings (SSSR count). The summed E-state index contributed by atoms with van der Waals surface area (Å²) >= 11 is 6.59. The zero-order chi connectivity index (χ0) is 27.7. The maximum absolute atomic E-state index is 13.9. The molecule has 0 aliphatic carbocycles. The highest BCUT2D eigenvalue weighted by Gasteiger charge is 2.42. The number of benzene rings is 3. The van der Waals surface area contributed by atoms with Crippen molar-refractivity contribution in [2.45, 2.75) is 25.2 Å². The highest BCUT2D eigenvalue weighted by atomic mass is 35.5. The minimum absolute atomic E-state index is 0.0599. The van der Waals surface area contributed by atoms with Crippen LogP contribution in [0.3, 0.4) is 0 Å². The summed E-state index contributed by atoms with van der Waals surface area (Å²) in [6.07, 6.45) is 1.80. The molecule has 11 nitrogen and oxygen atoms in total. The largest absolute Gasteiger partial charge is 0.508 e. The van der Waals surface area contributed by atoms with Crippen LogP contribution in [-0.4, -0.2) is 33.0 Å². The van der Waals surface area contributed by atoms with Crippen LogP contribution in [0.15, 0.2) is 110 Å². The molecule has 12 heteroatoms. The number of aromatic nitrogens is 6. The van der Waals surface area contributed by atoms with E-state index in [0.717, 1.165) is 9.13 Å². The molecule has 2 aliphatic heterocycles. The van der Waals surface area contributed by atoms with Gasteiger partial charge in [-0.1, -0.05) is 60.1 Å². The van der Waals surface area contributed by atoms with Gasteiger partial charge in [-0.05, 0) is 47.5 Å². The summed E-state index contributed by atoms with van der Waals surface area (Å²) < 4.78 is 7.49. The van der Waals surface area contributed by atoms with Crippen LogP contribution in [0.2, 0.25) is 5.02 Å². The van der Waals surface area contributed by atoms with E-state index in [4.69, 9.17) is 11.6 Å². The lowest BCUT2D eigenvalue weighted by Gasteiger charge is -2.37. The SMILES string of the molecule is O=c1n(-c2ccccc2)c(=O)n2n1CC=C1[C@H]2Cn2c(=O)n(-c3ccccc3)c(=O)n2[C@H]1c1ccc(O)cc1Cl. The average molecular weight is 557 g/mol. The van der Waals surface area contributed by atoms with Crippen LogP contribution < -0.4 is 22.8 Å². The molecule has 40 heavy (non-hydrogen) atoms. The molecule has 3 aromatic carbocycles. The molecule has 2 atom stereocenters. The molecule has 0 unspecified atom stereocenters. The van der Waals surface area contributed by atoms with Crippen molar-refractivity contribution in [1.82, 2.24) is 27.9 Å². The quantitative estimate of drug-likeness (QED) is 0.341. The molecule has 0 saturated heterocycles. The van der Waals surface area contributed by atoms with E-state index in [1.807, 2.05) is 0 Å². The number of para-hydroxylation sites is 2. The van der Waals surface area contributed by atoms with Gasteiger partial charge in [0.15, 0.2) is 0 Å². The summed E-state index contributed by atoms with van der Waals surface area (Å²) in [6.45, 7) is 0.00835. The average Bonchev–Trinajstić information content (AvgIpc) is 3.37. The second-order valence-electron chi connectivity index (χ2n) is 9.65. The van der Waals surface area contributed by atoms with Crippen molar-refractivity contribution in [3.8, 4) is 17.1 Å². The molecule has 2 aliphatic rings. The van der Waals surface area contributed by atoms with Crippen molar-refractivity contribution in [2.75, 3.05) is 0 Å². The Morgan fingerprint density at radius 1 is 0.700 bits per heavy atom. The molecule has 5 aromatic rings. The van der Waals surface area contributed by atoms with Crippen LogP contribution in [0.1, 0.15) is 17.6 Å². The van der Waals surface area contributed by atoms with E-state index in [0.29, 0.717) is 22.5 Å². The van der Waals surface area contributed by atoms with E-state index >= 15 is 0 Å². The van der Waals surface area contributed by atoms with Crippen molar-refractivity contribution < 1.29 is 5.11 Å². The van der Waals surface area contributed by atoms with Crippen molar-refractivity contribution in [3.63, 3.8) is 0 Å². The van der Waals surface area contributed by atoms with Crippen molar-refractivity contribution in [1.29, 1.82) is 0 Å². The second kappa shape index (κ2) is 8.75. The molecule has 0 spiro atoms. The lowest BCUT2D eigenvalue weighted by molar-refractivity contribution is 0.246. The van der Waals surface area contributed by atoms with Crippen molar-refractivity contribution in [2.24, 2.45) is 0 Å². The summed E-state index contributed by atoms with van der Waals surface area (Å²) in [7, 11) is 0. The predicted molar refractivity (Wildman–Crippen MR) is 147 cm³/mol. The molecule has 2 aromatic heterocycles. The maximum atomic E-state index is 13.9. The zero-order valence-electron chi connectivity index (χ0n) is 20.8. The Kier molecular flexibility index (Phi) is 5.26. The number of hydrogen-bond acceptors (Lipinski definition) is 5. The Hall–Kier alpha value is -5.03. The van der Waals surface area contributed by atoms with Gasteiger partial charge >= 0.3 is 22.8 Å². The number of halogens is 1. The monoisotopic (exact) mass is 556 g/mol. The minimum Gasteiger partial charge on any atom is -0.508 e. The number of fused-ring (bicyclic) bond motifs is 4. The number of phenols is 1. The fraction of sp³-hybridized carbons (Fsp3) is 0.143. The first-order valence-corrected chi connectivity index (χ1v) is 12.9. The molecule has 200 valence electrons. The topological polar surface area (TPSA) is 118 Å². The van der Waals surface area contributed by atoms with Gasteiger partial charge in [-0.2, -0.15) is 0 Å². The van der Waals surface area contributed by atoms with Gasteiger partial charge in [-0.15, -0.1) is 0 Å². The van der Waals surface area contributed by atoms with Crippen LogP contribution >= 0.6 is 11.6 Å². The van der Waals surface area contributed by atoms with Crippen LogP contribution in [0.25, 0.3) is 11.4 Å². The molecular weight excluding hydrogens is 536 g/mol. The lowest BCUT2D eigenvalue weighted by atomic mass is 9.90. The fourth-order valence-electron chi connectivity index (χ4n) is 5.77. The second-order valence-corrected chi connectivity index (χ2v) is 10.1. The highest BCUT2D eigenvalue weighted by molar-refractivity contribution is 6.31. The third-order valence-corrected chi connectivity index (χ3v) is 7.84. The Morgan fingerprint density at radius 3 is 1.88 bits per heavy atom. The van der Waals surface area contributed by atoms with Gasteiger partial charge in [0.2, 0.25) is 0 Å². The molecule has 1 N–H and O–H groups in total. The lowest BCUT2D eigenvalue weighted by Crippen LogP contribution is -2.47. The highest BCUT2D eigenvalue weighted by Crippen LogP contribution is 2.41. The Morgan fingerprint density at radius 2 is 1.27 bits per heavy atom. The Balaban J connectivity index is 1.51. The van der Waals surface area contributed by atoms with Gasteiger partial charge in [-0.25, -0.2) is 47.0 Å². The third-order valence-electron chi connectivity index (χ3n) is 7.51. The molecule has 0 fully saturated rings. The number of aromatic hydroxyl groups is 1. The minimum atomic E-state index is -0.882. The molecule has 0 bridgehead atoms. The summed E-state index contributed by atoms with van der Waals surface area (Å²) in [5.74, 6) is -0.0599. The van der Waals surface area contributed by atoms with Crippen LogP contribution in [-0.2, 0) is 13.1 Å². The Bertz CT molecular complexity index is 2080. The molecule has 0 radical (unpaired) electrons. The number of rotatable bonds is 3. The van der Waals surface area contributed by atoms with Gasteiger partial charge < -0.3 is 5.11 Å². The van der Waals surface area contributed by atoms with Crippen LogP contribution in [0.5, 0.6) is 5.75 Å². The van der Waals surface area contributed by atoms with Crippen molar-refractivity contribution >= 4 is 11.6 Å². The van der Waals surface area contributed by atoms with Gasteiger partial charge in [0.05, 0.1) is 30.5 Å². The summed E-state index contributed by atoms with van der Waals surface area (Å²) in [5.41, 5.74) is -0.339. The van der Waals surface area contributed by atoms with E-state index < -0.39 is 34.8 Å². The normalized spacial score (nSPS) is 17.6. The van der Waals surface area contributed by atoms with E-state index in [9.17, 15) is 24.3 Å². The Labute approximate surface area is 229 Å². The third kappa shape index (κ3) is 3.31. The summed E-state index contributed by atoms with van der Waals surface area (Å²) in [6, 6.07) is 19.9. The van der Waals surface area contributed by atoms with Crippen LogP contribution in [0.4, 0.5) is 0 Å². The molecule has 0 amide bonds. The summed E-state index contributed by atoms with van der Waals surface area (Å²) in [4.78, 5) is 54.9. The fourth-order valence-corrected chi connectivity index (χ4v) is 6.05. The first-order chi connectivity index (χ1) is 19.4. The van der Waals surface area contributed by atoms with Gasteiger partial charge in [0.1, 0.15) is 11.8 Å². The summed E-state index contributed by atoms with van der Waals surface area (Å²) in [5, 5.41) is 10.2. The van der Waals surface area contributed by atoms with E-state index in [1.165, 1.54) is 30.9 Å². The number of nitrogens with zero attached hydrogens (tertiary/aromatic N) is 6. The van der Waals surface area contributed by atoms with Gasteiger partial charge in [0.25, 0.3) is 0 Å². The van der Waals surface area contributed by atoms with Gasteiger partial charge in [0, 0.05) is 5.02 Å². The standard InChI is InChI=1S/C28H21ClN6O5/c29-22-15-19(36)11-12-20(22)24-21-13-14-30-25(37)32(17-7-3-1-4-8-17)27(39)34(30)23(21)16-31-26(38)33(28(40)35(24)31)18-9-5-2-6-10-18/h1-13,15,23-24,36H,14,16H2/t23-,24+/m1/s1. The smallest absolute Gasteiger partial charge is 0.352 e. The van der Waals surface area contributed by atoms with Gasteiger partial charge in [-0.3, -0.25) is 0 Å². The number of allylic oxidation sites excluding steroid dienone is 2. The number of phenolic OH excluding ortho intramolecular Hbond substituents is 1. The predicted octanol–water partition coefficient (Wildman–Crippen LogP) is 2.06. The van der Waals surface area contributed by atoms with Crippen molar-refractivity contribution in [3.05, 3.63) is 143 Å². The molecular formula is C28H21ClN6O5. The maximum Gasteiger partial charge on any atom is 0.352 e. The van der Waals surface area contributed by atoms with E-state index in [-0.39, 0.29) is 23.9 Å². The number of hydrogen-bond donors (Lipinski definition) is 1. The molecule has 0 saturated carbocycles. The first kappa shape index (κ1) is 24.0. The first-order valence-electron chi connectivity index (χ1n) is 12.5. The zero-order valence-corrected chi connectivity index (χ0v) is 21.5. The van der Waals surface area contributed by atoms with E-state index in [1.54, 1.807) is 72.8 Å². The molecule has 4 heterocycles. The van der Waals surface area contributed by atoms with E-state index in [2.05, 4.69) is 0 Å².